The van der Waals surface area contributed by atoms with Crippen LogP contribution >= 0.6 is 0 Å². The van der Waals surface area contributed by atoms with Crippen LogP contribution < -0.4 is 5.32 Å². The van der Waals surface area contributed by atoms with E-state index >= 15 is 0 Å². The lowest BCUT2D eigenvalue weighted by Gasteiger charge is -2.31. The van der Waals surface area contributed by atoms with E-state index in [4.69, 9.17) is 14.2 Å². The van der Waals surface area contributed by atoms with Crippen LogP contribution in [0.25, 0.3) is 10.9 Å². The molecule has 0 unspecified atom stereocenters. The lowest BCUT2D eigenvalue weighted by Crippen LogP contribution is -2.39. The molecule has 2 aliphatic heterocycles. The quantitative estimate of drug-likeness (QED) is 0.909. The molecule has 0 aliphatic carbocycles. The van der Waals surface area contributed by atoms with E-state index in [0.29, 0.717) is 6.61 Å². The van der Waals surface area contributed by atoms with Gasteiger partial charge < -0.3 is 24.5 Å². The number of benzene rings is 1. The maximum Gasteiger partial charge on any atom is 0.173 e. The third kappa shape index (κ3) is 2.77. The maximum atomic E-state index is 6.13. The monoisotopic (exact) mass is 302 g/mol. The first-order valence-electron chi connectivity index (χ1n) is 8.00. The van der Waals surface area contributed by atoms with E-state index in [1.54, 1.807) is 0 Å². The zero-order valence-corrected chi connectivity index (χ0v) is 12.6. The lowest BCUT2D eigenvalue weighted by molar-refractivity contribution is -0.210. The number of aromatic amines is 1. The van der Waals surface area contributed by atoms with E-state index < -0.39 is 0 Å². The van der Waals surface area contributed by atoms with E-state index in [1.165, 1.54) is 16.5 Å². The van der Waals surface area contributed by atoms with Crippen LogP contribution in [0.4, 0.5) is 0 Å². The molecule has 4 rings (SSSR count). The van der Waals surface area contributed by atoms with Gasteiger partial charge in [-0.25, -0.2) is 0 Å². The molecule has 1 aromatic heterocycles. The molecule has 1 atom stereocenters. The first-order chi connectivity index (χ1) is 10.8. The summed E-state index contributed by atoms with van der Waals surface area (Å²) in [7, 11) is 0. The SMILES string of the molecule is c1cc(CNC[C@H]2COC3(CCOCC3)O2)c2cc[nH]c2c1. The van der Waals surface area contributed by atoms with E-state index in [0.717, 1.165) is 39.1 Å². The van der Waals surface area contributed by atoms with Gasteiger partial charge in [0.05, 0.1) is 25.9 Å². The third-order valence-electron chi connectivity index (χ3n) is 4.54. The van der Waals surface area contributed by atoms with Crippen molar-refractivity contribution in [1.82, 2.24) is 10.3 Å². The Bertz CT molecular complexity index is 634. The summed E-state index contributed by atoms with van der Waals surface area (Å²) in [6, 6.07) is 8.47. The minimum atomic E-state index is -0.384. The van der Waals surface area contributed by atoms with Crippen LogP contribution in [-0.2, 0) is 20.8 Å². The van der Waals surface area contributed by atoms with E-state index in [2.05, 4.69) is 34.6 Å². The Labute approximate surface area is 129 Å². The number of hydrogen-bond donors (Lipinski definition) is 2. The topological polar surface area (TPSA) is 55.5 Å². The minimum Gasteiger partial charge on any atom is -0.381 e. The summed E-state index contributed by atoms with van der Waals surface area (Å²) in [6.45, 7) is 3.78. The highest BCUT2D eigenvalue weighted by Crippen LogP contribution is 2.33. The molecule has 1 aromatic carbocycles. The number of fused-ring (bicyclic) bond motifs is 1. The molecule has 0 bridgehead atoms. The Hall–Kier alpha value is -1.40. The molecular weight excluding hydrogens is 280 g/mol. The van der Waals surface area contributed by atoms with Crippen molar-refractivity contribution in [3.63, 3.8) is 0 Å². The molecule has 0 radical (unpaired) electrons. The fourth-order valence-electron chi connectivity index (χ4n) is 3.33. The van der Waals surface area contributed by atoms with Crippen molar-refractivity contribution in [3.8, 4) is 0 Å². The first-order valence-corrected chi connectivity index (χ1v) is 8.00. The molecule has 5 nitrogen and oxygen atoms in total. The van der Waals surface area contributed by atoms with Crippen LogP contribution in [0.1, 0.15) is 18.4 Å². The van der Waals surface area contributed by atoms with Crippen LogP contribution in [0.3, 0.4) is 0 Å². The molecule has 0 saturated carbocycles. The summed E-state index contributed by atoms with van der Waals surface area (Å²) in [5.41, 5.74) is 2.49. The molecule has 2 N–H and O–H groups in total. The average molecular weight is 302 g/mol. The minimum absolute atomic E-state index is 0.128. The molecule has 3 heterocycles. The van der Waals surface area contributed by atoms with Gasteiger partial charge in [0.15, 0.2) is 5.79 Å². The molecule has 5 heteroatoms. The number of nitrogens with one attached hydrogen (secondary N) is 2. The lowest BCUT2D eigenvalue weighted by atomic mass is 10.1. The van der Waals surface area contributed by atoms with Crippen molar-refractivity contribution >= 4 is 10.9 Å². The smallest absolute Gasteiger partial charge is 0.173 e. The van der Waals surface area contributed by atoms with Gasteiger partial charge in [-0.3, -0.25) is 0 Å². The number of H-pyrrole nitrogens is 1. The standard InChI is InChI=1S/C17H22N2O3/c1-2-13(15-4-7-19-16(15)3-1)10-18-11-14-12-21-17(22-14)5-8-20-9-6-17/h1-4,7,14,18-19H,5-6,8-12H2/t14-/m0/s1. The molecular formula is C17H22N2O3. The number of ether oxygens (including phenoxy) is 3. The highest BCUT2D eigenvalue weighted by molar-refractivity contribution is 5.82. The van der Waals surface area contributed by atoms with Gasteiger partial charge in [0, 0.05) is 43.0 Å². The van der Waals surface area contributed by atoms with Gasteiger partial charge in [0.25, 0.3) is 0 Å². The Morgan fingerprint density at radius 1 is 1.23 bits per heavy atom. The Morgan fingerprint density at radius 3 is 3.05 bits per heavy atom. The molecule has 2 aromatic rings. The second-order valence-corrected chi connectivity index (χ2v) is 6.06. The summed E-state index contributed by atoms with van der Waals surface area (Å²) in [5.74, 6) is -0.384. The highest BCUT2D eigenvalue weighted by atomic mass is 16.7. The van der Waals surface area contributed by atoms with Crippen LogP contribution in [0, 0.1) is 0 Å². The van der Waals surface area contributed by atoms with Crippen LogP contribution in [0.5, 0.6) is 0 Å². The molecule has 22 heavy (non-hydrogen) atoms. The fraction of sp³-hybridized carbons (Fsp3) is 0.529. The summed E-state index contributed by atoms with van der Waals surface area (Å²) < 4.78 is 17.4. The van der Waals surface area contributed by atoms with Crippen molar-refractivity contribution in [3.05, 3.63) is 36.0 Å². The second-order valence-electron chi connectivity index (χ2n) is 6.06. The largest absolute Gasteiger partial charge is 0.381 e. The number of rotatable bonds is 4. The van der Waals surface area contributed by atoms with Crippen molar-refractivity contribution in [2.75, 3.05) is 26.4 Å². The molecule has 2 aliphatic rings. The summed E-state index contributed by atoms with van der Waals surface area (Å²) in [5, 5.41) is 4.77. The van der Waals surface area contributed by atoms with E-state index in [-0.39, 0.29) is 11.9 Å². The van der Waals surface area contributed by atoms with Gasteiger partial charge in [-0.05, 0) is 17.7 Å². The Kier molecular flexibility index (Phi) is 3.88. The second kappa shape index (κ2) is 6.01. The Balaban J connectivity index is 1.31. The Morgan fingerprint density at radius 2 is 2.14 bits per heavy atom. The molecule has 2 fully saturated rings. The third-order valence-corrected chi connectivity index (χ3v) is 4.54. The zero-order chi connectivity index (χ0) is 14.8. The van der Waals surface area contributed by atoms with Crippen LogP contribution in [0.2, 0.25) is 0 Å². The fourth-order valence-corrected chi connectivity index (χ4v) is 3.33. The molecule has 0 amide bonds. The zero-order valence-electron chi connectivity index (χ0n) is 12.6. The molecule has 118 valence electrons. The number of hydrogen-bond acceptors (Lipinski definition) is 4. The van der Waals surface area contributed by atoms with Gasteiger partial charge in [0.2, 0.25) is 0 Å². The summed E-state index contributed by atoms with van der Waals surface area (Å²) in [6.07, 6.45) is 3.79. The van der Waals surface area contributed by atoms with Crippen molar-refractivity contribution in [1.29, 1.82) is 0 Å². The van der Waals surface area contributed by atoms with E-state index in [1.807, 2.05) is 6.20 Å². The van der Waals surface area contributed by atoms with E-state index in [9.17, 15) is 0 Å². The van der Waals surface area contributed by atoms with Crippen molar-refractivity contribution in [2.45, 2.75) is 31.3 Å². The van der Waals surface area contributed by atoms with Gasteiger partial charge in [0.1, 0.15) is 0 Å². The highest BCUT2D eigenvalue weighted by Gasteiger charge is 2.42. The average Bonchev–Trinajstić information content (AvgIpc) is 3.16. The van der Waals surface area contributed by atoms with Crippen LogP contribution in [0.15, 0.2) is 30.5 Å². The predicted octanol–water partition coefficient (Wildman–Crippen LogP) is 2.18. The van der Waals surface area contributed by atoms with Crippen molar-refractivity contribution in [2.24, 2.45) is 0 Å². The van der Waals surface area contributed by atoms with Gasteiger partial charge >= 0.3 is 0 Å². The molecule has 1 spiro atoms. The number of aromatic nitrogens is 1. The van der Waals surface area contributed by atoms with Gasteiger partial charge in [-0.15, -0.1) is 0 Å². The summed E-state index contributed by atoms with van der Waals surface area (Å²) >= 11 is 0. The maximum absolute atomic E-state index is 6.13. The van der Waals surface area contributed by atoms with Crippen LogP contribution in [-0.4, -0.2) is 43.2 Å². The molecule has 2 saturated heterocycles. The van der Waals surface area contributed by atoms with Crippen molar-refractivity contribution < 1.29 is 14.2 Å². The normalized spacial score (nSPS) is 24.3. The van der Waals surface area contributed by atoms with Gasteiger partial charge in [-0.1, -0.05) is 12.1 Å². The summed E-state index contributed by atoms with van der Waals surface area (Å²) in [4.78, 5) is 3.25. The van der Waals surface area contributed by atoms with Gasteiger partial charge in [-0.2, -0.15) is 0 Å². The first kappa shape index (κ1) is 14.2. The predicted molar refractivity (Wildman–Crippen MR) is 83.6 cm³/mol.